The summed E-state index contributed by atoms with van der Waals surface area (Å²) in [5, 5.41) is 0. The van der Waals surface area contributed by atoms with Gasteiger partial charge in [0.2, 0.25) is 12.7 Å². The smallest absolute Gasteiger partial charge is 1.00 e. The van der Waals surface area contributed by atoms with Gasteiger partial charge in [0, 0.05) is 6.07 Å². The zero-order chi connectivity index (χ0) is 18.1. The van der Waals surface area contributed by atoms with Gasteiger partial charge in [-0.2, -0.15) is 0 Å². The molecule has 0 bridgehead atoms. The number of ether oxygens (including phenoxy) is 1. The first-order chi connectivity index (χ1) is 11.2. The van der Waals surface area contributed by atoms with Crippen LogP contribution in [0.1, 0.15) is 1.43 Å². The molecule has 0 saturated heterocycles. The standard InChI is InChI=1S/C13H7F6NO3S.Na.H/c14-5-23-7-3-1-2-6(4-7)20-24(21,22)13-11(18)9(16)8(15)10(17)12(13)19;;/h1-4,20H,5H2;;/q;+1;-1. The number of halogens is 6. The summed E-state index contributed by atoms with van der Waals surface area (Å²) < 4.78 is 108. The van der Waals surface area contributed by atoms with Crippen molar-refractivity contribution in [3.63, 3.8) is 0 Å². The third-order valence-electron chi connectivity index (χ3n) is 2.75. The van der Waals surface area contributed by atoms with Crippen molar-refractivity contribution in [3.05, 3.63) is 53.4 Å². The minimum Gasteiger partial charge on any atom is -1.00 e. The van der Waals surface area contributed by atoms with E-state index >= 15 is 0 Å². The molecule has 0 aliphatic carbocycles. The number of rotatable bonds is 5. The molecule has 2 aromatic rings. The minimum atomic E-state index is -5.16. The van der Waals surface area contributed by atoms with Gasteiger partial charge in [0.05, 0.1) is 5.69 Å². The number of alkyl halides is 1. The molecule has 0 heterocycles. The van der Waals surface area contributed by atoms with Crippen molar-refractivity contribution in [1.29, 1.82) is 0 Å². The summed E-state index contributed by atoms with van der Waals surface area (Å²) in [7, 11) is -5.16. The van der Waals surface area contributed by atoms with Gasteiger partial charge in [0.25, 0.3) is 10.0 Å². The van der Waals surface area contributed by atoms with E-state index in [-0.39, 0.29) is 42.4 Å². The number of benzene rings is 2. The van der Waals surface area contributed by atoms with Crippen LogP contribution in [0.4, 0.5) is 32.0 Å². The second-order valence-corrected chi connectivity index (χ2v) is 5.91. The minimum absolute atomic E-state index is 0. The quantitative estimate of drug-likeness (QED) is 0.349. The van der Waals surface area contributed by atoms with Gasteiger partial charge in [0.15, 0.2) is 28.2 Å². The summed E-state index contributed by atoms with van der Waals surface area (Å²) in [6.45, 7) is -1.23. The van der Waals surface area contributed by atoms with E-state index < -0.39 is 50.9 Å². The molecule has 0 atom stereocenters. The van der Waals surface area contributed by atoms with Crippen molar-refractivity contribution >= 4 is 15.7 Å². The van der Waals surface area contributed by atoms with E-state index in [2.05, 4.69) is 4.74 Å². The van der Waals surface area contributed by atoms with Crippen LogP contribution in [0.5, 0.6) is 5.75 Å². The molecule has 0 aliphatic rings. The zero-order valence-electron chi connectivity index (χ0n) is 13.4. The van der Waals surface area contributed by atoms with Gasteiger partial charge in [-0.15, -0.1) is 0 Å². The maximum Gasteiger partial charge on any atom is 1.00 e. The predicted octanol–water partition coefficient (Wildman–Crippen LogP) is 0.605. The molecule has 0 saturated carbocycles. The maximum atomic E-state index is 13.6. The molecule has 0 fully saturated rings. The fraction of sp³-hybridized carbons (Fsp3) is 0.0769. The van der Waals surface area contributed by atoms with Crippen LogP contribution in [0.2, 0.25) is 0 Å². The molecule has 1 N–H and O–H groups in total. The van der Waals surface area contributed by atoms with Gasteiger partial charge in [-0.05, 0) is 12.1 Å². The van der Waals surface area contributed by atoms with Crippen molar-refractivity contribution in [3.8, 4) is 5.75 Å². The Balaban J connectivity index is 0.00000312. The van der Waals surface area contributed by atoms with Crippen molar-refractivity contribution in [2.24, 2.45) is 0 Å². The van der Waals surface area contributed by atoms with Crippen LogP contribution in [-0.2, 0) is 10.0 Å². The van der Waals surface area contributed by atoms with E-state index in [1.54, 1.807) is 4.72 Å². The van der Waals surface area contributed by atoms with E-state index in [4.69, 9.17) is 0 Å². The summed E-state index contributed by atoms with van der Waals surface area (Å²) >= 11 is 0. The monoisotopic (exact) mass is 395 g/mol. The Bertz CT molecular complexity index is 871. The van der Waals surface area contributed by atoms with Gasteiger partial charge >= 0.3 is 29.6 Å². The molecule has 25 heavy (non-hydrogen) atoms. The topological polar surface area (TPSA) is 55.4 Å². The van der Waals surface area contributed by atoms with Gasteiger partial charge in [-0.25, -0.2) is 34.8 Å². The average Bonchev–Trinajstić information content (AvgIpc) is 2.51. The molecule has 0 unspecified atom stereocenters. The summed E-state index contributed by atoms with van der Waals surface area (Å²) in [5.74, 6) is -12.4. The van der Waals surface area contributed by atoms with Crippen molar-refractivity contribution in [2.45, 2.75) is 4.90 Å². The first-order valence-electron chi connectivity index (χ1n) is 6.02. The Morgan fingerprint density at radius 2 is 1.48 bits per heavy atom. The molecule has 0 amide bonds. The third kappa shape index (κ3) is 4.40. The molecule has 0 aromatic heterocycles. The Morgan fingerprint density at radius 3 is 2.00 bits per heavy atom. The Hall–Kier alpha value is -1.43. The molecule has 2 rings (SSSR count). The number of hydrogen-bond acceptors (Lipinski definition) is 3. The number of anilines is 1. The molecule has 0 aliphatic heterocycles. The Labute approximate surface area is 161 Å². The van der Waals surface area contributed by atoms with Gasteiger partial charge in [-0.3, -0.25) is 4.72 Å². The summed E-state index contributed by atoms with van der Waals surface area (Å²) in [5.41, 5.74) is -0.343. The summed E-state index contributed by atoms with van der Waals surface area (Å²) in [6.07, 6.45) is 0. The molecular weight excluding hydrogens is 387 g/mol. The van der Waals surface area contributed by atoms with Crippen molar-refractivity contribution < 1.29 is 70.5 Å². The van der Waals surface area contributed by atoms with Gasteiger partial charge < -0.3 is 6.16 Å². The number of nitrogens with one attached hydrogen (secondary N) is 1. The van der Waals surface area contributed by atoms with Gasteiger partial charge in [0.1, 0.15) is 5.75 Å². The van der Waals surface area contributed by atoms with Crippen LogP contribution >= 0.6 is 0 Å². The maximum absolute atomic E-state index is 13.6. The van der Waals surface area contributed by atoms with Crippen molar-refractivity contribution in [1.82, 2.24) is 0 Å². The first-order valence-corrected chi connectivity index (χ1v) is 7.50. The van der Waals surface area contributed by atoms with E-state index in [0.29, 0.717) is 0 Å². The summed E-state index contributed by atoms with van der Waals surface area (Å²) in [6, 6.07) is 4.50. The SMILES string of the molecule is O=S(=O)(Nc1cccc(OCF)c1)c1c(F)c(F)c(F)c(F)c1F.[H-].[Na+]. The molecule has 4 nitrogen and oxygen atoms in total. The predicted molar refractivity (Wildman–Crippen MR) is 71.2 cm³/mol. The normalized spacial score (nSPS) is 11.0. The first kappa shape index (κ1) is 21.6. The second kappa shape index (κ2) is 8.30. The Morgan fingerprint density at radius 1 is 0.960 bits per heavy atom. The van der Waals surface area contributed by atoms with Crippen LogP contribution in [-0.4, -0.2) is 15.3 Å². The van der Waals surface area contributed by atoms with Crippen LogP contribution < -0.4 is 39.0 Å². The molecule has 132 valence electrons. The van der Waals surface area contributed by atoms with Crippen LogP contribution in [0.3, 0.4) is 0 Å². The van der Waals surface area contributed by atoms with Crippen LogP contribution in [0.15, 0.2) is 29.2 Å². The fourth-order valence-electron chi connectivity index (χ4n) is 1.74. The molecule has 0 spiro atoms. The van der Waals surface area contributed by atoms with Crippen LogP contribution in [0.25, 0.3) is 0 Å². The molecule has 2 aromatic carbocycles. The molecular formula is C13H8F6NNaO3S. The Kier molecular flexibility index (Phi) is 7.18. The number of hydrogen-bond donors (Lipinski definition) is 1. The van der Waals surface area contributed by atoms with Crippen molar-refractivity contribution in [2.75, 3.05) is 11.6 Å². The van der Waals surface area contributed by atoms with E-state index in [0.717, 1.165) is 12.1 Å². The molecule has 12 heteroatoms. The van der Waals surface area contributed by atoms with E-state index in [1.807, 2.05) is 0 Å². The van der Waals surface area contributed by atoms with E-state index in [9.17, 15) is 34.8 Å². The van der Waals surface area contributed by atoms with Crippen LogP contribution in [0, 0.1) is 29.1 Å². The summed E-state index contributed by atoms with van der Waals surface area (Å²) in [4.78, 5) is -2.03. The second-order valence-electron chi connectivity index (χ2n) is 4.29. The molecule has 0 radical (unpaired) electrons. The number of sulfonamides is 1. The fourth-order valence-corrected chi connectivity index (χ4v) is 2.93. The van der Waals surface area contributed by atoms with Gasteiger partial charge in [-0.1, -0.05) is 6.07 Å². The third-order valence-corrected chi connectivity index (χ3v) is 4.15. The zero-order valence-corrected chi connectivity index (χ0v) is 15.2. The average molecular weight is 395 g/mol. The van der Waals surface area contributed by atoms with E-state index in [1.165, 1.54) is 12.1 Å². The largest absolute Gasteiger partial charge is 1.00 e.